The van der Waals surface area contributed by atoms with Crippen LogP contribution in [0.3, 0.4) is 0 Å². The first-order valence-corrected chi connectivity index (χ1v) is 4.12. The average molecular weight is 153 g/mol. The van der Waals surface area contributed by atoms with E-state index < -0.39 is 0 Å². The van der Waals surface area contributed by atoms with Crippen molar-refractivity contribution in [3.8, 4) is 0 Å². The Balaban J connectivity index is 2.59. The largest absolute Gasteiger partial charge is 0.391 e. The van der Waals surface area contributed by atoms with Gasteiger partial charge >= 0.3 is 0 Å². The van der Waals surface area contributed by atoms with Gasteiger partial charge in [-0.25, -0.2) is 0 Å². The number of hydrogen-bond donors (Lipinski definition) is 1. The van der Waals surface area contributed by atoms with Crippen molar-refractivity contribution in [3.63, 3.8) is 0 Å². The second-order valence-corrected chi connectivity index (χ2v) is 3.06. The van der Waals surface area contributed by atoms with Gasteiger partial charge in [0.1, 0.15) is 5.78 Å². The summed E-state index contributed by atoms with van der Waals surface area (Å²) in [6.07, 6.45) is 4.09. The fourth-order valence-electron chi connectivity index (χ4n) is 1.60. The van der Waals surface area contributed by atoms with Gasteiger partial charge in [0.25, 0.3) is 0 Å². The number of ketones is 1. The fourth-order valence-corrected chi connectivity index (χ4v) is 1.60. The Morgan fingerprint density at radius 1 is 1.55 bits per heavy atom. The highest BCUT2D eigenvalue weighted by Gasteiger charge is 2.13. The van der Waals surface area contributed by atoms with E-state index >= 15 is 0 Å². The molecule has 0 aliphatic heterocycles. The first-order chi connectivity index (χ1) is 5.24. The minimum atomic E-state index is 0.273. The summed E-state index contributed by atoms with van der Waals surface area (Å²) in [6, 6.07) is 0. The number of allylic oxidation sites excluding steroid dienone is 2. The topological polar surface area (TPSA) is 29.1 Å². The van der Waals surface area contributed by atoms with Gasteiger partial charge in [0, 0.05) is 19.2 Å². The summed E-state index contributed by atoms with van der Waals surface area (Å²) >= 11 is 0. The van der Waals surface area contributed by atoms with Crippen molar-refractivity contribution in [3.05, 3.63) is 11.3 Å². The lowest BCUT2D eigenvalue weighted by Gasteiger charge is -2.03. The Hall–Kier alpha value is -0.790. The molecular formula is C9H15NO. The minimum absolute atomic E-state index is 0.273. The van der Waals surface area contributed by atoms with Gasteiger partial charge < -0.3 is 5.32 Å². The van der Waals surface area contributed by atoms with Crippen molar-refractivity contribution >= 4 is 5.78 Å². The Kier molecular flexibility index (Phi) is 2.69. The number of hydrogen-bond acceptors (Lipinski definition) is 2. The van der Waals surface area contributed by atoms with Crippen LogP contribution in [0, 0.1) is 0 Å². The van der Waals surface area contributed by atoms with Crippen LogP contribution in [0.5, 0.6) is 0 Å². The fraction of sp³-hybridized carbons (Fsp3) is 0.667. The first kappa shape index (κ1) is 8.31. The lowest BCUT2D eigenvalue weighted by atomic mass is 10.1. The zero-order chi connectivity index (χ0) is 8.27. The van der Waals surface area contributed by atoms with Gasteiger partial charge in [0.2, 0.25) is 0 Å². The third-order valence-corrected chi connectivity index (χ3v) is 2.10. The summed E-state index contributed by atoms with van der Waals surface area (Å²) in [5.74, 6) is 0.273. The number of carbonyl (C=O) groups is 1. The SMILES string of the molecule is CNC1=C(CC(C)=O)CCC1. The lowest BCUT2D eigenvalue weighted by molar-refractivity contribution is -0.116. The quantitative estimate of drug-likeness (QED) is 0.667. The van der Waals surface area contributed by atoms with Crippen LogP contribution in [-0.4, -0.2) is 12.8 Å². The van der Waals surface area contributed by atoms with Crippen molar-refractivity contribution in [1.82, 2.24) is 5.32 Å². The summed E-state index contributed by atoms with van der Waals surface area (Å²) in [7, 11) is 1.93. The van der Waals surface area contributed by atoms with E-state index in [-0.39, 0.29) is 5.78 Å². The van der Waals surface area contributed by atoms with E-state index in [4.69, 9.17) is 0 Å². The smallest absolute Gasteiger partial charge is 0.133 e. The molecule has 0 amide bonds. The number of nitrogens with one attached hydrogen (secondary N) is 1. The molecule has 2 nitrogen and oxygen atoms in total. The second-order valence-electron chi connectivity index (χ2n) is 3.06. The Labute approximate surface area is 67.7 Å². The van der Waals surface area contributed by atoms with E-state index in [9.17, 15) is 4.79 Å². The molecule has 0 atom stereocenters. The molecular weight excluding hydrogens is 138 g/mol. The normalized spacial score (nSPS) is 17.3. The van der Waals surface area contributed by atoms with E-state index in [0.29, 0.717) is 6.42 Å². The van der Waals surface area contributed by atoms with Crippen LogP contribution in [0.15, 0.2) is 11.3 Å². The van der Waals surface area contributed by atoms with Crippen LogP contribution in [0.2, 0.25) is 0 Å². The molecule has 0 spiro atoms. The zero-order valence-corrected chi connectivity index (χ0v) is 7.24. The van der Waals surface area contributed by atoms with Crippen LogP contribution < -0.4 is 5.32 Å². The molecule has 0 aromatic heterocycles. The van der Waals surface area contributed by atoms with Crippen molar-refractivity contribution in [2.45, 2.75) is 32.6 Å². The lowest BCUT2D eigenvalue weighted by Crippen LogP contribution is -2.06. The van der Waals surface area contributed by atoms with Crippen molar-refractivity contribution in [2.75, 3.05) is 7.05 Å². The molecule has 0 unspecified atom stereocenters. The summed E-state index contributed by atoms with van der Waals surface area (Å²) in [5.41, 5.74) is 2.61. The molecule has 1 N–H and O–H groups in total. The third-order valence-electron chi connectivity index (χ3n) is 2.10. The highest BCUT2D eigenvalue weighted by atomic mass is 16.1. The molecule has 1 rings (SSSR count). The van der Waals surface area contributed by atoms with Crippen LogP contribution in [0.25, 0.3) is 0 Å². The maximum atomic E-state index is 10.8. The van der Waals surface area contributed by atoms with Gasteiger partial charge in [-0.05, 0) is 31.8 Å². The van der Waals surface area contributed by atoms with Crippen LogP contribution in [-0.2, 0) is 4.79 Å². The van der Waals surface area contributed by atoms with Gasteiger partial charge in [-0.15, -0.1) is 0 Å². The molecule has 2 heteroatoms. The molecule has 0 bridgehead atoms. The predicted molar refractivity (Wildman–Crippen MR) is 45.2 cm³/mol. The molecule has 0 radical (unpaired) electrons. The summed E-state index contributed by atoms with van der Waals surface area (Å²) in [5, 5.41) is 3.15. The van der Waals surface area contributed by atoms with Crippen LogP contribution >= 0.6 is 0 Å². The van der Waals surface area contributed by atoms with Gasteiger partial charge in [0.15, 0.2) is 0 Å². The number of carbonyl (C=O) groups excluding carboxylic acids is 1. The molecule has 11 heavy (non-hydrogen) atoms. The maximum Gasteiger partial charge on any atom is 0.133 e. The van der Waals surface area contributed by atoms with Crippen LogP contribution in [0.1, 0.15) is 32.6 Å². The van der Waals surface area contributed by atoms with E-state index in [1.165, 1.54) is 17.7 Å². The zero-order valence-electron chi connectivity index (χ0n) is 7.24. The molecule has 0 saturated heterocycles. The van der Waals surface area contributed by atoms with E-state index in [2.05, 4.69) is 5.32 Å². The number of Topliss-reactive ketones (excluding diaryl/α,β-unsaturated/α-hetero) is 1. The standard InChI is InChI=1S/C9H15NO/c1-7(11)6-8-4-3-5-9(8)10-2/h10H,3-6H2,1-2H3. The maximum absolute atomic E-state index is 10.8. The molecule has 0 fully saturated rings. The van der Waals surface area contributed by atoms with E-state index in [1.54, 1.807) is 6.92 Å². The van der Waals surface area contributed by atoms with Crippen molar-refractivity contribution in [1.29, 1.82) is 0 Å². The summed E-state index contributed by atoms with van der Waals surface area (Å²) in [6.45, 7) is 1.65. The molecule has 1 aliphatic carbocycles. The molecule has 0 heterocycles. The molecule has 0 saturated carbocycles. The Morgan fingerprint density at radius 2 is 2.27 bits per heavy atom. The highest BCUT2D eigenvalue weighted by molar-refractivity contribution is 5.78. The minimum Gasteiger partial charge on any atom is -0.391 e. The van der Waals surface area contributed by atoms with E-state index in [0.717, 1.165) is 12.8 Å². The predicted octanol–water partition coefficient (Wildman–Crippen LogP) is 1.62. The second kappa shape index (κ2) is 3.56. The van der Waals surface area contributed by atoms with Gasteiger partial charge in [-0.1, -0.05) is 0 Å². The monoisotopic (exact) mass is 153 g/mol. The Bertz CT molecular complexity index is 194. The van der Waals surface area contributed by atoms with Crippen LogP contribution in [0.4, 0.5) is 0 Å². The highest BCUT2D eigenvalue weighted by Crippen LogP contribution is 2.26. The Morgan fingerprint density at radius 3 is 2.82 bits per heavy atom. The van der Waals surface area contributed by atoms with E-state index in [1.807, 2.05) is 7.05 Å². The molecule has 0 aromatic carbocycles. The molecule has 62 valence electrons. The third kappa shape index (κ3) is 2.07. The van der Waals surface area contributed by atoms with Crippen molar-refractivity contribution in [2.24, 2.45) is 0 Å². The van der Waals surface area contributed by atoms with Crippen molar-refractivity contribution < 1.29 is 4.79 Å². The number of rotatable bonds is 3. The summed E-state index contributed by atoms with van der Waals surface area (Å²) < 4.78 is 0. The van der Waals surface area contributed by atoms with Gasteiger partial charge in [0.05, 0.1) is 0 Å². The van der Waals surface area contributed by atoms with Gasteiger partial charge in [-0.2, -0.15) is 0 Å². The van der Waals surface area contributed by atoms with Gasteiger partial charge in [-0.3, -0.25) is 4.79 Å². The molecule has 0 aromatic rings. The molecule has 1 aliphatic rings. The average Bonchev–Trinajstić information content (AvgIpc) is 2.34. The summed E-state index contributed by atoms with van der Waals surface area (Å²) in [4.78, 5) is 10.8. The first-order valence-electron chi connectivity index (χ1n) is 4.12.